The summed E-state index contributed by atoms with van der Waals surface area (Å²) < 4.78 is 5.01. The lowest BCUT2D eigenvalue weighted by atomic mass is 10.1. The smallest absolute Gasteiger partial charge is 0.334 e. The fourth-order valence-electron chi connectivity index (χ4n) is 0.668. The van der Waals surface area contributed by atoms with E-state index < -0.39 is 17.5 Å². The average Bonchev–Trinajstić information content (AvgIpc) is 1.98. The Balaban J connectivity index is 4.72. The van der Waals surface area contributed by atoms with Gasteiger partial charge in [-0.3, -0.25) is 0 Å². The second kappa shape index (κ2) is 4.26. The van der Waals surface area contributed by atoms with E-state index in [1.165, 1.54) is 13.8 Å². The van der Waals surface area contributed by atoms with E-state index in [2.05, 4.69) is 0 Å². The summed E-state index contributed by atoms with van der Waals surface area (Å²) in [6.07, 6.45) is 0. The molecule has 80 valence electrons. The van der Waals surface area contributed by atoms with Gasteiger partial charge in [0.25, 0.3) is 0 Å². The average molecular weight is 200 g/mol. The molecule has 0 aromatic carbocycles. The molecule has 0 bridgehead atoms. The van der Waals surface area contributed by atoms with Crippen molar-refractivity contribution in [1.29, 1.82) is 0 Å². The molecule has 0 saturated carbocycles. The normalized spacial score (nSPS) is 13.2. The molecule has 0 aromatic heterocycles. The van der Waals surface area contributed by atoms with Crippen molar-refractivity contribution in [2.45, 2.75) is 40.2 Å². The number of carboxylic acids is 1. The highest BCUT2D eigenvalue weighted by molar-refractivity contribution is 5.98. The van der Waals surface area contributed by atoms with E-state index in [-0.39, 0.29) is 11.1 Å². The van der Waals surface area contributed by atoms with Gasteiger partial charge < -0.3 is 9.84 Å². The molecule has 0 rings (SSSR count). The van der Waals surface area contributed by atoms with Gasteiger partial charge in [-0.25, -0.2) is 9.59 Å². The molecule has 0 aliphatic rings. The Hall–Kier alpha value is -1.32. The van der Waals surface area contributed by atoms with E-state index in [4.69, 9.17) is 9.84 Å². The fraction of sp³-hybridized carbons (Fsp3) is 0.600. The summed E-state index contributed by atoms with van der Waals surface area (Å²) in [4.78, 5) is 21.9. The van der Waals surface area contributed by atoms with Gasteiger partial charge >= 0.3 is 11.9 Å². The quantitative estimate of drug-likeness (QED) is 0.544. The molecule has 14 heavy (non-hydrogen) atoms. The van der Waals surface area contributed by atoms with Gasteiger partial charge in [-0.1, -0.05) is 0 Å². The Labute approximate surface area is 83.6 Å². The molecule has 0 radical (unpaired) electrons. The monoisotopic (exact) mass is 200 g/mol. The topological polar surface area (TPSA) is 63.6 Å². The predicted octanol–water partition coefficient (Wildman–Crippen LogP) is 1.75. The van der Waals surface area contributed by atoms with Crippen molar-refractivity contribution in [3.8, 4) is 0 Å². The van der Waals surface area contributed by atoms with Crippen molar-refractivity contribution in [2.24, 2.45) is 0 Å². The lowest BCUT2D eigenvalue weighted by molar-refractivity contribution is -0.150. The second-order valence-corrected chi connectivity index (χ2v) is 4.06. The number of esters is 1. The van der Waals surface area contributed by atoms with Crippen molar-refractivity contribution >= 4 is 11.9 Å². The van der Waals surface area contributed by atoms with E-state index >= 15 is 0 Å². The van der Waals surface area contributed by atoms with Gasteiger partial charge in [0.1, 0.15) is 5.60 Å². The van der Waals surface area contributed by atoms with Crippen LogP contribution in [0.5, 0.6) is 0 Å². The molecule has 0 unspecified atom stereocenters. The molecule has 0 aliphatic heterocycles. The minimum absolute atomic E-state index is 0.0132. The number of hydrogen-bond acceptors (Lipinski definition) is 3. The number of aliphatic carboxylic acids is 1. The van der Waals surface area contributed by atoms with Crippen molar-refractivity contribution in [3.05, 3.63) is 11.1 Å². The number of carbonyl (C=O) groups excluding carboxylic acids is 1. The van der Waals surface area contributed by atoms with Gasteiger partial charge in [0.05, 0.1) is 0 Å². The van der Waals surface area contributed by atoms with Crippen LogP contribution in [-0.4, -0.2) is 22.6 Å². The molecule has 4 nitrogen and oxygen atoms in total. The van der Waals surface area contributed by atoms with Gasteiger partial charge in [-0.05, 0) is 34.6 Å². The van der Waals surface area contributed by atoms with Gasteiger partial charge in [-0.2, -0.15) is 0 Å². The van der Waals surface area contributed by atoms with E-state index in [0.717, 1.165) is 0 Å². The van der Waals surface area contributed by atoms with Gasteiger partial charge in [-0.15, -0.1) is 0 Å². The third-order valence-corrected chi connectivity index (χ3v) is 1.59. The van der Waals surface area contributed by atoms with Crippen molar-refractivity contribution in [3.63, 3.8) is 0 Å². The minimum Gasteiger partial charge on any atom is -0.478 e. The van der Waals surface area contributed by atoms with Gasteiger partial charge in [0, 0.05) is 11.1 Å². The molecule has 0 atom stereocenters. The minimum atomic E-state index is -1.10. The Morgan fingerprint density at radius 1 is 1.07 bits per heavy atom. The van der Waals surface area contributed by atoms with Crippen LogP contribution in [0.1, 0.15) is 34.6 Å². The fourth-order valence-corrected chi connectivity index (χ4v) is 0.668. The number of carboxylic acid groups (broad SMARTS) is 1. The second-order valence-electron chi connectivity index (χ2n) is 4.06. The summed E-state index contributed by atoms with van der Waals surface area (Å²) in [6, 6.07) is 0. The Morgan fingerprint density at radius 3 is 1.79 bits per heavy atom. The van der Waals surface area contributed by atoms with E-state index in [0.29, 0.717) is 0 Å². The Morgan fingerprint density at radius 2 is 1.50 bits per heavy atom. The van der Waals surface area contributed by atoms with Crippen molar-refractivity contribution < 1.29 is 19.4 Å². The molecule has 0 fully saturated rings. The molecule has 0 saturated heterocycles. The first kappa shape index (κ1) is 12.7. The van der Waals surface area contributed by atoms with Gasteiger partial charge in [0.2, 0.25) is 0 Å². The standard InChI is InChI=1S/C10H16O4/c1-6(8(11)12)7(2)9(13)14-10(3,4)5/h1-5H3,(H,11,12)/b7-6+. The molecule has 0 aromatic rings. The summed E-state index contributed by atoms with van der Waals surface area (Å²) >= 11 is 0. The number of hydrogen-bond donors (Lipinski definition) is 1. The molecule has 1 N–H and O–H groups in total. The molecule has 0 aliphatic carbocycles. The molecule has 0 heterocycles. The molecule has 4 heteroatoms. The zero-order valence-corrected chi connectivity index (χ0v) is 9.17. The Kier molecular flexibility index (Phi) is 3.86. The van der Waals surface area contributed by atoms with Crippen LogP contribution in [0.2, 0.25) is 0 Å². The lowest BCUT2D eigenvalue weighted by Gasteiger charge is -2.19. The summed E-state index contributed by atoms with van der Waals surface area (Å²) in [6.45, 7) is 8.01. The van der Waals surface area contributed by atoms with Crippen LogP contribution in [0, 0.1) is 0 Å². The number of ether oxygens (including phenoxy) is 1. The van der Waals surface area contributed by atoms with Crippen LogP contribution in [0.4, 0.5) is 0 Å². The first-order valence-corrected chi connectivity index (χ1v) is 4.29. The highest BCUT2D eigenvalue weighted by atomic mass is 16.6. The maximum absolute atomic E-state index is 11.4. The highest BCUT2D eigenvalue weighted by Crippen LogP contribution is 2.13. The largest absolute Gasteiger partial charge is 0.478 e. The molecule has 0 spiro atoms. The van der Waals surface area contributed by atoms with Crippen molar-refractivity contribution in [2.75, 3.05) is 0 Å². The maximum Gasteiger partial charge on any atom is 0.334 e. The third kappa shape index (κ3) is 4.07. The zero-order valence-electron chi connectivity index (χ0n) is 9.17. The lowest BCUT2D eigenvalue weighted by Crippen LogP contribution is -2.25. The van der Waals surface area contributed by atoms with Crippen LogP contribution < -0.4 is 0 Å². The van der Waals surface area contributed by atoms with Crippen LogP contribution in [0.3, 0.4) is 0 Å². The molecular formula is C10H16O4. The van der Waals surface area contributed by atoms with Crippen molar-refractivity contribution in [1.82, 2.24) is 0 Å². The summed E-state index contributed by atoms with van der Waals surface area (Å²) in [5, 5.41) is 8.63. The predicted molar refractivity (Wildman–Crippen MR) is 51.9 cm³/mol. The maximum atomic E-state index is 11.4. The van der Waals surface area contributed by atoms with E-state index in [1.54, 1.807) is 20.8 Å². The van der Waals surface area contributed by atoms with Crippen LogP contribution in [0.25, 0.3) is 0 Å². The Bertz CT molecular complexity index is 281. The number of carbonyl (C=O) groups is 2. The summed E-state index contributed by atoms with van der Waals surface area (Å²) in [5.74, 6) is -1.69. The van der Waals surface area contributed by atoms with Gasteiger partial charge in [0.15, 0.2) is 0 Å². The SMILES string of the molecule is C/C(C(=O)O)=C(/C)C(=O)OC(C)(C)C. The first-order chi connectivity index (χ1) is 6.15. The van der Waals surface area contributed by atoms with E-state index in [1.807, 2.05) is 0 Å². The van der Waals surface area contributed by atoms with Crippen LogP contribution in [0.15, 0.2) is 11.1 Å². The van der Waals surface area contributed by atoms with E-state index in [9.17, 15) is 9.59 Å². The first-order valence-electron chi connectivity index (χ1n) is 4.29. The van der Waals surface area contributed by atoms with Crippen LogP contribution in [-0.2, 0) is 14.3 Å². The summed E-state index contributed by atoms with van der Waals surface area (Å²) in [7, 11) is 0. The van der Waals surface area contributed by atoms with Crippen LogP contribution >= 0.6 is 0 Å². The molecular weight excluding hydrogens is 184 g/mol. The highest BCUT2D eigenvalue weighted by Gasteiger charge is 2.20. The third-order valence-electron chi connectivity index (χ3n) is 1.59. The zero-order chi connectivity index (χ0) is 11.5. The molecule has 0 amide bonds. The summed E-state index contributed by atoms with van der Waals surface area (Å²) in [5.41, 5.74) is -0.455. The number of rotatable bonds is 2.